The molecule has 1 atom stereocenters. The van der Waals surface area contributed by atoms with Gasteiger partial charge in [-0.05, 0) is 42.9 Å². The highest BCUT2D eigenvalue weighted by Gasteiger charge is 2.27. The molecule has 1 N–H and O–H groups in total. The first-order chi connectivity index (χ1) is 11.4. The molecule has 0 radical (unpaired) electrons. The summed E-state index contributed by atoms with van der Waals surface area (Å²) in [6.07, 6.45) is 2.47. The minimum atomic E-state index is -0.918. The first kappa shape index (κ1) is 17.7. The van der Waals surface area contributed by atoms with Gasteiger partial charge in [-0.2, -0.15) is 5.26 Å². The lowest BCUT2D eigenvalue weighted by molar-refractivity contribution is -0.150. The third-order valence-electron chi connectivity index (χ3n) is 3.83. The van der Waals surface area contributed by atoms with Gasteiger partial charge < -0.3 is 10.1 Å². The molecule has 1 amide bonds. The fourth-order valence-corrected chi connectivity index (χ4v) is 2.10. The average Bonchev–Trinajstić information content (AvgIpc) is 3.36. The van der Waals surface area contributed by atoms with E-state index in [1.54, 1.807) is 0 Å². The van der Waals surface area contributed by atoms with Crippen LogP contribution in [-0.4, -0.2) is 24.0 Å². The number of hydrogen-bond donors (Lipinski definition) is 1. The molecule has 2 rings (SSSR count). The van der Waals surface area contributed by atoms with Crippen molar-refractivity contribution in [3.05, 3.63) is 41.0 Å². The molecule has 0 spiro atoms. The minimum absolute atomic E-state index is 0.127. The Bertz CT molecular complexity index is 680. The number of rotatable bonds is 6. The Kier molecular flexibility index (Phi) is 5.75. The van der Waals surface area contributed by atoms with E-state index in [4.69, 9.17) is 4.74 Å². The number of hydrogen-bond acceptors (Lipinski definition) is 4. The summed E-state index contributed by atoms with van der Waals surface area (Å²) in [7, 11) is 0. The average molecular weight is 326 g/mol. The quantitative estimate of drug-likeness (QED) is 0.495. The molecular weight excluding hydrogens is 304 g/mol. The van der Waals surface area contributed by atoms with Crippen LogP contribution in [0.15, 0.2) is 29.8 Å². The molecule has 1 aromatic carbocycles. The lowest BCUT2D eigenvalue weighted by Gasteiger charge is -2.12. The van der Waals surface area contributed by atoms with Crippen molar-refractivity contribution in [1.29, 1.82) is 5.26 Å². The van der Waals surface area contributed by atoms with Crippen molar-refractivity contribution < 1.29 is 14.3 Å². The number of nitrogens with one attached hydrogen (secondary N) is 1. The van der Waals surface area contributed by atoms with Crippen LogP contribution in [0.1, 0.15) is 50.7 Å². The number of nitriles is 1. The zero-order chi connectivity index (χ0) is 17.7. The van der Waals surface area contributed by atoms with E-state index in [9.17, 15) is 14.9 Å². The molecule has 5 nitrogen and oxygen atoms in total. The zero-order valence-corrected chi connectivity index (χ0v) is 14.2. The fraction of sp³-hybridized carbons (Fsp3) is 0.421. The van der Waals surface area contributed by atoms with Crippen molar-refractivity contribution in [3.8, 4) is 6.07 Å². The van der Waals surface area contributed by atoms with E-state index < -0.39 is 12.1 Å². The molecule has 1 aliphatic rings. The molecule has 0 saturated heterocycles. The van der Waals surface area contributed by atoms with Gasteiger partial charge in [0.05, 0.1) is 0 Å². The van der Waals surface area contributed by atoms with Crippen LogP contribution in [0.3, 0.4) is 0 Å². The van der Waals surface area contributed by atoms with Gasteiger partial charge in [-0.3, -0.25) is 4.79 Å². The number of esters is 1. The maximum atomic E-state index is 12.1. The summed E-state index contributed by atoms with van der Waals surface area (Å²) in [4.78, 5) is 23.9. The van der Waals surface area contributed by atoms with Gasteiger partial charge in [0.2, 0.25) is 0 Å². The molecule has 0 aromatic heterocycles. The van der Waals surface area contributed by atoms with E-state index in [1.165, 1.54) is 18.6 Å². The zero-order valence-electron chi connectivity index (χ0n) is 14.2. The highest BCUT2D eigenvalue weighted by Crippen LogP contribution is 2.19. The first-order valence-electron chi connectivity index (χ1n) is 8.13. The summed E-state index contributed by atoms with van der Waals surface area (Å²) in [5.41, 5.74) is 1.79. The third-order valence-corrected chi connectivity index (χ3v) is 3.83. The van der Waals surface area contributed by atoms with Crippen molar-refractivity contribution >= 4 is 18.0 Å². The topological polar surface area (TPSA) is 79.2 Å². The lowest BCUT2D eigenvalue weighted by Crippen LogP contribution is -2.37. The van der Waals surface area contributed by atoms with Gasteiger partial charge in [0, 0.05) is 6.04 Å². The van der Waals surface area contributed by atoms with Gasteiger partial charge in [0.15, 0.2) is 6.10 Å². The number of benzene rings is 1. The highest BCUT2D eigenvalue weighted by molar-refractivity contribution is 5.99. The van der Waals surface area contributed by atoms with Gasteiger partial charge in [-0.25, -0.2) is 4.79 Å². The van der Waals surface area contributed by atoms with E-state index >= 15 is 0 Å². The SMILES string of the molecule is CC(C)c1ccc(/C=C(\C#N)C(=O)O[C@H](C)C(=O)NC2CC2)cc1. The van der Waals surface area contributed by atoms with Crippen molar-refractivity contribution in [2.24, 2.45) is 0 Å². The minimum Gasteiger partial charge on any atom is -0.448 e. The van der Waals surface area contributed by atoms with Crippen LogP contribution in [0.5, 0.6) is 0 Å². The molecular formula is C19H22N2O3. The van der Waals surface area contributed by atoms with E-state index in [1.807, 2.05) is 30.3 Å². The fourth-order valence-electron chi connectivity index (χ4n) is 2.10. The number of amides is 1. The maximum absolute atomic E-state index is 12.1. The second kappa shape index (κ2) is 7.78. The van der Waals surface area contributed by atoms with Crippen LogP contribution in [0.4, 0.5) is 0 Å². The Labute approximate surface area is 142 Å². The molecule has 1 fully saturated rings. The number of carbonyl (C=O) groups is 2. The molecule has 0 heterocycles. The van der Waals surface area contributed by atoms with Crippen LogP contribution in [0.2, 0.25) is 0 Å². The summed E-state index contributed by atoms with van der Waals surface area (Å²) in [5.74, 6) is -0.706. The predicted molar refractivity (Wildman–Crippen MR) is 90.8 cm³/mol. The van der Waals surface area contributed by atoms with Crippen LogP contribution >= 0.6 is 0 Å². The van der Waals surface area contributed by atoms with Gasteiger partial charge in [0.1, 0.15) is 11.6 Å². The number of ether oxygens (including phenoxy) is 1. The molecule has 5 heteroatoms. The van der Waals surface area contributed by atoms with Crippen LogP contribution < -0.4 is 5.32 Å². The molecule has 24 heavy (non-hydrogen) atoms. The predicted octanol–water partition coefficient (Wildman–Crippen LogP) is 2.93. The molecule has 1 saturated carbocycles. The summed E-state index contributed by atoms with van der Waals surface area (Å²) >= 11 is 0. The van der Waals surface area contributed by atoms with Gasteiger partial charge in [-0.15, -0.1) is 0 Å². The Hall–Kier alpha value is -2.61. The molecule has 1 aliphatic carbocycles. The Morgan fingerprint density at radius 2 is 1.88 bits per heavy atom. The smallest absolute Gasteiger partial charge is 0.349 e. The van der Waals surface area contributed by atoms with Crippen molar-refractivity contribution in [3.63, 3.8) is 0 Å². The molecule has 0 bridgehead atoms. The van der Waals surface area contributed by atoms with Crippen molar-refractivity contribution in [2.45, 2.75) is 51.7 Å². The van der Waals surface area contributed by atoms with Crippen LogP contribution in [0.25, 0.3) is 6.08 Å². The van der Waals surface area contributed by atoms with E-state index in [0.29, 0.717) is 5.92 Å². The number of nitrogens with zero attached hydrogens (tertiary/aromatic N) is 1. The lowest BCUT2D eigenvalue weighted by atomic mass is 10.0. The van der Waals surface area contributed by atoms with E-state index in [-0.39, 0.29) is 17.5 Å². The second-order valence-electron chi connectivity index (χ2n) is 6.32. The molecule has 1 aromatic rings. The summed E-state index contributed by atoms with van der Waals surface area (Å²) in [6.45, 7) is 5.69. The molecule has 0 unspecified atom stereocenters. The Balaban J connectivity index is 2.01. The standard InChI is InChI=1S/C19H22N2O3/c1-12(2)15-6-4-14(5-7-15)10-16(11-20)19(23)24-13(3)18(22)21-17-8-9-17/h4-7,10,12-13,17H,8-9H2,1-3H3,(H,21,22)/b16-10+/t13-/m1/s1. The Morgan fingerprint density at radius 1 is 1.25 bits per heavy atom. The van der Waals surface area contributed by atoms with Crippen LogP contribution in [-0.2, 0) is 14.3 Å². The normalized spacial score (nSPS) is 15.5. The van der Waals surface area contributed by atoms with Gasteiger partial charge >= 0.3 is 5.97 Å². The summed E-state index contributed by atoms with van der Waals surface area (Å²) in [6, 6.07) is 9.66. The summed E-state index contributed by atoms with van der Waals surface area (Å²) < 4.78 is 5.09. The van der Waals surface area contributed by atoms with Crippen molar-refractivity contribution in [2.75, 3.05) is 0 Å². The number of carbonyl (C=O) groups excluding carboxylic acids is 2. The van der Waals surface area contributed by atoms with E-state index in [2.05, 4.69) is 19.2 Å². The molecule has 0 aliphatic heterocycles. The first-order valence-corrected chi connectivity index (χ1v) is 8.13. The van der Waals surface area contributed by atoms with Crippen LogP contribution in [0, 0.1) is 11.3 Å². The third kappa shape index (κ3) is 4.95. The largest absolute Gasteiger partial charge is 0.448 e. The second-order valence-corrected chi connectivity index (χ2v) is 6.32. The monoisotopic (exact) mass is 326 g/mol. The highest BCUT2D eigenvalue weighted by atomic mass is 16.5. The summed E-state index contributed by atoms with van der Waals surface area (Å²) in [5, 5.41) is 12.0. The van der Waals surface area contributed by atoms with Crippen molar-refractivity contribution in [1.82, 2.24) is 5.32 Å². The Morgan fingerprint density at radius 3 is 2.38 bits per heavy atom. The van der Waals surface area contributed by atoms with E-state index in [0.717, 1.165) is 18.4 Å². The maximum Gasteiger partial charge on any atom is 0.349 e. The molecule has 126 valence electrons. The van der Waals surface area contributed by atoms with Gasteiger partial charge in [-0.1, -0.05) is 38.1 Å². The van der Waals surface area contributed by atoms with Gasteiger partial charge in [0.25, 0.3) is 5.91 Å².